The standard InChI is InChI=1S/C7H14O3/c1-5-2-6(9)7(3-8)10-4-5/h5-9H,2-4H2,1H3/t5?,6?,7-/m1/s1. The Morgan fingerprint density at radius 3 is 2.80 bits per heavy atom. The van der Waals surface area contributed by atoms with Crippen LogP contribution in [0.3, 0.4) is 0 Å². The fraction of sp³-hybridized carbons (Fsp3) is 1.00. The molecule has 10 heavy (non-hydrogen) atoms. The van der Waals surface area contributed by atoms with Crippen molar-refractivity contribution in [1.29, 1.82) is 0 Å². The van der Waals surface area contributed by atoms with E-state index in [-0.39, 0.29) is 12.7 Å². The maximum atomic E-state index is 9.25. The van der Waals surface area contributed by atoms with Gasteiger partial charge >= 0.3 is 0 Å². The molecule has 1 saturated heterocycles. The van der Waals surface area contributed by atoms with Gasteiger partial charge in [0.1, 0.15) is 6.10 Å². The number of ether oxygens (including phenoxy) is 1. The summed E-state index contributed by atoms with van der Waals surface area (Å²) in [6.45, 7) is 2.60. The van der Waals surface area contributed by atoms with Gasteiger partial charge in [0.2, 0.25) is 0 Å². The molecule has 1 rings (SSSR count). The van der Waals surface area contributed by atoms with Gasteiger partial charge in [-0.25, -0.2) is 0 Å². The predicted octanol–water partition coefficient (Wildman–Crippen LogP) is -0.235. The SMILES string of the molecule is CC1CO[C@H](CO)C(O)C1. The molecule has 3 nitrogen and oxygen atoms in total. The van der Waals surface area contributed by atoms with E-state index in [2.05, 4.69) is 0 Å². The molecule has 0 aromatic carbocycles. The molecular weight excluding hydrogens is 132 g/mol. The minimum Gasteiger partial charge on any atom is -0.394 e. The van der Waals surface area contributed by atoms with Gasteiger partial charge in [0, 0.05) is 6.61 Å². The van der Waals surface area contributed by atoms with Crippen LogP contribution in [0, 0.1) is 5.92 Å². The third-order valence-electron chi connectivity index (χ3n) is 1.85. The van der Waals surface area contributed by atoms with Crippen LogP contribution in [0.1, 0.15) is 13.3 Å². The Kier molecular flexibility index (Phi) is 2.65. The average molecular weight is 146 g/mol. The van der Waals surface area contributed by atoms with Crippen LogP contribution in [0.15, 0.2) is 0 Å². The number of aliphatic hydroxyl groups is 2. The first kappa shape index (κ1) is 7.98. The van der Waals surface area contributed by atoms with E-state index in [4.69, 9.17) is 9.84 Å². The summed E-state index contributed by atoms with van der Waals surface area (Å²) in [6.07, 6.45) is -0.0875. The molecule has 1 aliphatic rings. The first-order valence-electron chi connectivity index (χ1n) is 3.64. The van der Waals surface area contributed by atoms with Crippen LogP contribution in [0.25, 0.3) is 0 Å². The average Bonchev–Trinajstić information content (AvgIpc) is 1.88. The van der Waals surface area contributed by atoms with Gasteiger partial charge in [-0.05, 0) is 12.3 Å². The third-order valence-corrected chi connectivity index (χ3v) is 1.85. The van der Waals surface area contributed by atoms with E-state index in [0.29, 0.717) is 12.5 Å². The number of aliphatic hydroxyl groups excluding tert-OH is 2. The van der Waals surface area contributed by atoms with E-state index in [0.717, 1.165) is 6.42 Å². The topological polar surface area (TPSA) is 49.7 Å². The molecular formula is C7H14O3. The molecule has 0 aliphatic carbocycles. The van der Waals surface area contributed by atoms with Crippen LogP contribution >= 0.6 is 0 Å². The van der Waals surface area contributed by atoms with E-state index in [9.17, 15) is 5.11 Å². The van der Waals surface area contributed by atoms with Gasteiger partial charge in [-0.15, -0.1) is 0 Å². The van der Waals surface area contributed by atoms with E-state index in [1.807, 2.05) is 6.92 Å². The number of rotatable bonds is 1. The molecule has 0 spiro atoms. The zero-order valence-corrected chi connectivity index (χ0v) is 6.16. The summed E-state index contributed by atoms with van der Waals surface area (Å²) < 4.78 is 5.15. The maximum absolute atomic E-state index is 9.25. The number of hydrogen-bond acceptors (Lipinski definition) is 3. The van der Waals surface area contributed by atoms with Crippen molar-refractivity contribution < 1.29 is 14.9 Å². The molecule has 2 N–H and O–H groups in total. The second-order valence-corrected chi connectivity index (χ2v) is 2.96. The van der Waals surface area contributed by atoms with Gasteiger partial charge in [-0.3, -0.25) is 0 Å². The van der Waals surface area contributed by atoms with Gasteiger partial charge in [-0.1, -0.05) is 6.92 Å². The summed E-state index contributed by atoms with van der Waals surface area (Å²) in [5, 5.41) is 17.9. The Morgan fingerprint density at radius 1 is 1.60 bits per heavy atom. The lowest BCUT2D eigenvalue weighted by molar-refractivity contribution is -0.113. The monoisotopic (exact) mass is 146 g/mol. The molecule has 0 aromatic heterocycles. The Bertz CT molecular complexity index is 105. The summed E-state index contributed by atoms with van der Waals surface area (Å²) in [7, 11) is 0. The molecule has 0 saturated carbocycles. The molecule has 1 fully saturated rings. The molecule has 1 aliphatic heterocycles. The minimum absolute atomic E-state index is 0.0755. The molecule has 1 heterocycles. The lowest BCUT2D eigenvalue weighted by Crippen LogP contribution is -2.39. The smallest absolute Gasteiger partial charge is 0.106 e. The second kappa shape index (κ2) is 3.32. The van der Waals surface area contributed by atoms with Crippen LogP contribution in [-0.4, -0.2) is 35.6 Å². The zero-order chi connectivity index (χ0) is 7.56. The highest BCUT2D eigenvalue weighted by Gasteiger charge is 2.26. The normalized spacial score (nSPS) is 41.7. The van der Waals surface area contributed by atoms with E-state index in [1.165, 1.54) is 0 Å². The van der Waals surface area contributed by atoms with Crippen LogP contribution in [0.4, 0.5) is 0 Å². The Hall–Kier alpha value is -0.120. The predicted molar refractivity (Wildman–Crippen MR) is 36.6 cm³/mol. The lowest BCUT2D eigenvalue weighted by Gasteiger charge is -2.30. The molecule has 3 atom stereocenters. The molecule has 0 aromatic rings. The first-order chi connectivity index (χ1) is 4.74. The Balaban J connectivity index is 2.36. The first-order valence-corrected chi connectivity index (χ1v) is 3.64. The lowest BCUT2D eigenvalue weighted by atomic mass is 9.98. The summed E-state index contributed by atoms with van der Waals surface area (Å²) in [6, 6.07) is 0. The summed E-state index contributed by atoms with van der Waals surface area (Å²) >= 11 is 0. The van der Waals surface area contributed by atoms with Gasteiger partial charge in [0.05, 0.1) is 12.7 Å². The summed E-state index contributed by atoms with van der Waals surface area (Å²) in [5.74, 6) is 0.415. The highest BCUT2D eigenvalue weighted by atomic mass is 16.5. The largest absolute Gasteiger partial charge is 0.394 e. The fourth-order valence-electron chi connectivity index (χ4n) is 1.21. The quantitative estimate of drug-likeness (QED) is 0.537. The van der Waals surface area contributed by atoms with Crippen molar-refractivity contribution >= 4 is 0 Å². The molecule has 0 radical (unpaired) electrons. The molecule has 2 unspecified atom stereocenters. The second-order valence-electron chi connectivity index (χ2n) is 2.96. The van der Waals surface area contributed by atoms with E-state index in [1.54, 1.807) is 0 Å². The van der Waals surface area contributed by atoms with Crippen molar-refractivity contribution in [3.63, 3.8) is 0 Å². The van der Waals surface area contributed by atoms with Crippen LogP contribution in [-0.2, 0) is 4.74 Å². The van der Waals surface area contributed by atoms with E-state index >= 15 is 0 Å². The van der Waals surface area contributed by atoms with E-state index < -0.39 is 6.10 Å². The van der Waals surface area contributed by atoms with Crippen molar-refractivity contribution in [3.05, 3.63) is 0 Å². The highest BCUT2D eigenvalue weighted by Crippen LogP contribution is 2.18. The summed E-state index contributed by atoms with van der Waals surface area (Å²) in [5.41, 5.74) is 0. The third kappa shape index (κ3) is 1.68. The summed E-state index contributed by atoms with van der Waals surface area (Å²) in [4.78, 5) is 0. The van der Waals surface area contributed by atoms with Gasteiger partial charge < -0.3 is 14.9 Å². The van der Waals surface area contributed by atoms with Crippen LogP contribution in [0.5, 0.6) is 0 Å². The van der Waals surface area contributed by atoms with Crippen molar-refractivity contribution in [3.8, 4) is 0 Å². The zero-order valence-electron chi connectivity index (χ0n) is 6.16. The fourth-order valence-corrected chi connectivity index (χ4v) is 1.21. The Morgan fingerprint density at radius 2 is 2.30 bits per heavy atom. The van der Waals surface area contributed by atoms with Gasteiger partial charge in [0.15, 0.2) is 0 Å². The van der Waals surface area contributed by atoms with Crippen LogP contribution in [0.2, 0.25) is 0 Å². The minimum atomic E-state index is -0.478. The van der Waals surface area contributed by atoms with Crippen molar-refractivity contribution in [2.75, 3.05) is 13.2 Å². The van der Waals surface area contributed by atoms with Crippen molar-refractivity contribution in [1.82, 2.24) is 0 Å². The molecule has 3 heteroatoms. The van der Waals surface area contributed by atoms with Gasteiger partial charge in [0.25, 0.3) is 0 Å². The van der Waals surface area contributed by atoms with Crippen LogP contribution < -0.4 is 0 Å². The van der Waals surface area contributed by atoms with Crippen molar-refractivity contribution in [2.45, 2.75) is 25.6 Å². The molecule has 60 valence electrons. The Labute approximate surface area is 60.6 Å². The molecule has 0 amide bonds. The highest BCUT2D eigenvalue weighted by molar-refractivity contribution is 4.75. The molecule has 0 bridgehead atoms. The van der Waals surface area contributed by atoms with Crippen molar-refractivity contribution in [2.24, 2.45) is 5.92 Å². The maximum Gasteiger partial charge on any atom is 0.106 e. The number of hydrogen-bond donors (Lipinski definition) is 2. The van der Waals surface area contributed by atoms with Gasteiger partial charge in [-0.2, -0.15) is 0 Å².